The van der Waals surface area contributed by atoms with Crippen LogP contribution >= 0.6 is 0 Å². The van der Waals surface area contributed by atoms with E-state index in [9.17, 15) is 14.7 Å². The van der Waals surface area contributed by atoms with Gasteiger partial charge < -0.3 is 14.7 Å². The van der Waals surface area contributed by atoms with Crippen LogP contribution in [-0.4, -0.2) is 58.7 Å². The molecule has 206 valence electrons. The Kier molecular flexibility index (Phi) is 10.2. The molecule has 0 aliphatic carbocycles. The lowest BCUT2D eigenvalue weighted by molar-refractivity contribution is -0.143. The molecule has 0 spiro atoms. The smallest absolute Gasteiger partial charge is 0.410 e. The predicted molar refractivity (Wildman–Crippen MR) is 153 cm³/mol. The molecule has 2 aliphatic rings. The number of hydrogen-bond acceptors (Lipinski definition) is 4. The number of carbonyl (C=O) groups is 2. The first kappa shape index (κ1) is 29.5. The van der Waals surface area contributed by atoms with Gasteiger partial charge in [0.15, 0.2) is 0 Å². The maximum atomic E-state index is 12.3. The maximum absolute atomic E-state index is 12.3. The highest BCUT2D eigenvalue weighted by Gasteiger charge is 2.28. The molecule has 38 heavy (non-hydrogen) atoms. The summed E-state index contributed by atoms with van der Waals surface area (Å²) in [6.07, 6.45) is 2.87. The number of ether oxygens (including phenoxy) is 1. The van der Waals surface area contributed by atoms with E-state index in [4.69, 9.17) is 4.74 Å². The van der Waals surface area contributed by atoms with Gasteiger partial charge >= 0.3 is 12.1 Å². The largest absolute Gasteiger partial charge is 0.481 e. The minimum Gasteiger partial charge on any atom is -0.481 e. The Hall–Kier alpha value is -3.04. The van der Waals surface area contributed by atoms with E-state index in [-0.39, 0.29) is 24.0 Å². The Morgan fingerprint density at radius 2 is 1.55 bits per heavy atom. The summed E-state index contributed by atoms with van der Waals surface area (Å²) >= 11 is 0. The van der Waals surface area contributed by atoms with Crippen molar-refractivity contribution in [2.45, 2.75) is 78.9 Å². The fourth-order valence-corrected chi connectivity index (χ4v) is 5.25. The van der Waals surface area contributed by atoms with Crippen LogP contribution in [0.25, 0.3) is 10.8 Å². The van der Waals surface area contributed by atoms with Crippen molar-refractivity contribution in [1.29, 1.82) is 0 Å². The van der Waals surface area contributed by atoms with Crippen LogP contribution in [0.3, 0.4) is 0 Å². The summed E-state index contributed by atoms with van der Waals surface area (Å²) < 4.78 is 5.50. The molecule has 2 fully saturated rings. The van der Waals surface area contributed by atoms with Crippen LogP contribution in [0, 0.1) is 23.7 Å². The molecule has 2 saturated heterocycles. The summed E-state index contributed by atoms with van der Waals surface area (Å²) in [6.45, 7) is 14.8. The normalized spacial score (nSPS) is 18.1. The third-order valence-electron chi connectivity index (χ3n) is 7.39. The molecule has 0 radical (unpaired) electrons. The molecule has 6 nitrogen and oxygen atoms in total. The Bertz CT molecular complexity index is 1160. The molecule has 0 saturated carbocycles. The lowest BCUT2D eigenvalue weighted by Crippen LogP contribution is -2.41. The van der Waals surface area contributed by atoms with Crippen LogP contribution in [0.5, 0.6) is 0 Å². The number of likely N-dealkylation sites (tertiary alicyclic amines) is 2. The molecule has 0 bridgehead atoms. The van der Waals surface area contributed by atoms with E-state index >= 15 is 0 Å². The Labute approximate surface area is 228 Å². The number of carboxylic acids is 1. The standard InChI is InChI=1S/C30H38N2O4.C2H6/c1-21(31-19-15-24(16-20-31)28(33)34)25-8-6-9-26-23(7-5-10-27(25)26)12-11-22-13-17-32(18-14-22)29(35)36-30(2,3)4;1-2/h5-10,21-22,24H,13-20H2,1-4H3,(H,33,34);1-2H3. The molecular formula is C32H44N2O4. The fourth-order valence-electron chi connectivity index (χ4n) is 5.25. The number of hydrogen-bond donors (Lipinski definition) is 1. The number of rotatable bonds is 3. The molecule has 2 aliphatic heterocycles. The fraction of sp³-hybridized carbons (Fsp3) is 0.562. The summed E-state index contributed by atoms with van der Waals surface area (Å²) in [5.74, 6) is 6.27. The second-order valence-electron chi connectivity index (χ2n) is 11.1. The van der Waals surface area contributed by atoms with Gasteiger partial charge in [-0.3, -0.25) is 9.69 Å². The lowest BCUT2D eigenvalue weighted by Gasteiger charge is -2.35. The van der Waals surface area contributed by atoms with E-state index in [2.05, 4.69) is 60.1 Å². The average Bonchev–Trinajstić information content (AvgIpc) is 2.91. The number of piperidine rings is 2. The Balaban J connectivity index is 0.00000195. The van der Waals surface area contributed by atoms with Crippen molar-refractivity contribution < 1.29 is 19.4 Å². The van der Waals surface area contributed by atoms with Gasteiger partial charge in [-0.25, -0.2) is 4.79 Å². The number of aliphatic carboxylic acids is 1. The van der Waals surface area contributed by atoms with E-state index in [1.54, 1.807) is 4.90 Å². The quantitative estimate of drug-likeness (QED) is 0.455. The van der Waals surface area contributed by atoms with E-state index < -0.39 is 11.6 Å². The van der Waals surface area contributed by atoms with Crippen molar-refractivity contribution in [1.82, 2.24) is 9.80 Å². The molecule has 0 aromatic heterocycles. The van der Waals surface area contributed by atoms with Gasteiger partial charge in [0.25, 0.3) is 0 Å². The van der Waals surface area contributed by atoms with Gasteiger partial charge in [-0.05, 0) is 88.9 Å². The number of nitrogens with zero attached hydrogens (tertiary/aromatic N) is 2. The monoisotopic (exact) mass is 520 g/mol. The summed E-state index contributed by atoms with van der Waals surface area (Å²) in [5, 5.41) is 11.7. The van der Waals surface area contributed by atoms with E-state index in [0.717, 1.165) is 36.9 Å². The Morgan fingerprint density at radius 1 is 0.947 bits per heavy atom. The van der Waals surface area contributed by atoms with Crippen molar-refractivity contribution in [2.75, 3.05) is 26.2 Å². The van der Waals surface area contributed by atoms with Gasteiger partial charge in [-0.2, -0.15) is 0 Å². The lowest BCUT2D eigenvalue weighted by atomic mass is 9.92. The zero-order valence-corrected chi connectivity index (χ0v) is 23.9. The molecule has 2 aromatic rings. The first-order valence-corrected chi connectivity index (χ1v) is 14.1. The van der Waals surface area contributed by atoms with Gasteiger partial charge in [-0.1, -0.05) is 56.0 Å². The van der Waals surface area contributed by atoms with E-state index in [1.165, 1.54) is 10.9 Å². The van der Waals surface area contributed by atoms with Crippen molar-refractivity contribution in [3.05, 3.63) is 47.5 Å². The van der Waals surface area contributed by atoms with Gasteiger partial charge in [0.1, 0.15) is 5.60 Å². The molecule has 2 aromatic carbocycles. The van der Waals surface area contributed by atoms with Crippen LogP contribution in [0.4, 0.5) is 4.79 Å². The van der Waals surface area contributed by atoms with Crippen LogP contribution in [-0.2, 0) is 9.53 Å². The SMILES string of the molecule is CC.CC(c1cccc2c(C#CC3CCN(C(=O)OC(C)(C)C)CC3)cccc12)N1CCC(C(=O)O)CC1. The molecule has 6 heteroatoms. The minimum absolute atomic E-state index is 0.212. The summed E-state index contributed by atoms with van der Waals surface area (Å²) in [7, 11) is 0. The number of amides is 1. The van der Waals surface area contributed by atoms with Crippen molar-refractivity contribution in [2.24, 2.45) is 11.8 Å². The average molecular weight is 521 g/mol. The molecule has 1 atom stereocenters. The summed E-state index contributed by atoms with van der Waals surface area (Å²) in [5.41, 5.74) is 1.81. The summed E-state index contributed by atoms with van der Waals surface area (Å²) in [6, 6.07) is 12.9. The molecule has 1 N–H and O–H groups in total. The molecule has 1 amide bonds. The first-order valence-electron chi connectivity index (χ1n) is 14.1. The highest BCUT2D eigenvalue weighted by molar-refractivity contribution is 5.91. The topological polar surface area (TPSA) is 70.1 Å². The van der Waals surface area contributed by atoms with Crippen molar-refractivity contribution in [3.63, 3.8) is 0 Å². The van der Waals surface area contributed by atoms with Gasteiger partial charge in [0, 0.05) is 30.6 Å². The van der Waals surface area contributed by atoms with Crippen LogP contribution < -0.4 is 0 Å². The first-order chi connectivity index (χ1) is 18.1. The highest BCUT2D eigenvalue weighted by Crippen LogP contribution is 2.32. The number of benzene rings is 2. The van der Waals surface area contributed by atoms with Crippen molar-refractivity contribution in [3.8, 4) is 11.8 Å². The third kappa shape index (κ3) is 7.51. The van der Waals surface area contributed by atoms with Gasteiger partial charge in [0.2, 0.25) is 0 Å². The second kappa shape index (κ2) is 13.2. The van der Waals surface area contributed by atoms with Crippen LogP contribution in [0.2, 0.25) is 0 Å². The van der Waals surface area contributed by atoms with Crippen molar-refractivity contribution >= 4 is 22.8 Å². The van der Waals surface area contributed by atoms with Gasteiger partial charge in [-0.15, -0.1) is 0 Å². The van der Waals surface area contributed by atoms with Crippen LogP contribution in [0.1, 0.15) is 84.4 Å². The Morgan fingerprint density at radius 3 is 2.16 bits per heavy atom. The zero-order chi connectivity index (χ0) is 27.9. The van der Waals surface area contributed by atoms with E-state index in [0.29, 0.717) is 25.9 Å². The third-order valence-corrected chi connectivity index (χ3v) is 7.39. The minimum atomic E-state index is -0.675. The molecule has 1 unspecified atom stereocenters. The zero-order valence-electron chi connectivity index (χ0n) is 23.9. The predicted octanol–water partition coefficient (Wildman–Crippen LogP) is 6.72. The second-order valence-corrected chi connectivity index (χ2v) is 11.1. The van der Waals surface area contributed by atoms with Gasteiger partial charge in [0.05, 0.1) is 5.92 Å². The molecular weight excluding hydrogens is 476 g/mol. The summed E-state index contributed by atoms with van der Waals surface area (Å²) in [4.78, 5) is 27.8. The van der Waals surface area contributed by atoms with Crippen LogP contribution in [0.15, 0.2) is 36.4 Å². The number of carboxylic acid groups (broad SMARTS) is 1. The number of fused-ring (bicyclic) bond motifs is 1. The molecule has 2 heterocycles. The maximum Gasteiger partial charge on any atom is 0.410 e. The van der Waals surface area contributed by atoms with E-state index in [1.807, 2.05) is 34.6 Å². The number of carbonyl (C=O) groups excluding carboxylic acids is 1. The highest BCUT2D eigenvalue weighted by atomic mass is 16.6. The molecule has 4 rings (SSSR count).